The summed E-state index contributed by atoms with van der Waals surface area (Å²) in [5.41, 5.74) is 0.612. The Morgan fingerprint density at radius 3 is 3.22 bits per heavy atom. The maximum atomic E-state index is 10.8. The van der Waals surface area contributed by atoms with E-state index in [1.807, 2.05) is 0 Å². The molecule has 2 heterocycles. The van der Waals surface area contributed by atoms with Crippen molar-refractivity contribution in [1.82, 2.24) is 9.55 Å². The number of fused-ring (bicyclic) bond motifs is 1. The highest BCUT2D eigenvalue weighted by Crippen LogP contribution is 2.23. The molecule has 3 rings (SSSR count). The van der Waals surface area contributed by atoms with E-state index < -0.39 is 12.1 Å². The molecule has 1 unspecified atom stereocenters. The lowest BCUT2D eigenvalue weighted by atomic mass is 10.2. The molecule has 23 heavy (non-hydrogen) atoms. The summed E-state index contributed by atoms with van der Waals surface area (Å²) in [6.45, 7) is 1.06. The molecule has 1 atom stereocenters. The third-order valence-corrected chi connectivity index (χ3v) is 3.42. The molecule has 1 aromatic heterocycles. The fourth-order valence-corrected chi connectivity index (χ4v) is 2.29. The fraction of sp³-hybridized carbons (Fsp3) is 0.267. The predicted octanol–water partition coefficient (Wildman–Crippen LogP) is -0.187. The van der Waals surface area contributed by atoms with Gasteiger partial charge < -0.3 is 29.6 Å². The zero-order chi connectivity index (χ0) is 16.2. The molecule has 120 valence electrons. The quantitative estimate of drug-likeness (QED) is 0.791. The van der Waals surface area contributed by atoms with Crippen LogP contribution in [0.3, 0.4) is 0 Å². The van der Waals surface area contributed by atoms with Crippen LogP contribution in [0.15, 0.2) is 35.6 Å². The minimum Gasteiger partial charge on any atom is -0.545 e. The molecule has 0 saturated heterocycles. The van der Waals surface area contributed by atoms with Crippen molar-refractivity contribution in [2.75, 3.05) is 18.5 Å². The number of carbonyl (C=O) groups excluding carboxylic acids is 1. The van der Waals surface area contributed by atoms with Gasteiger partial charge in [-0.2, -0.15) is 0 Å². The van der Waals surface area contributed by atoms with Crippen LogP contribution >= 0.6 is 0 Å². The lowest BCUT2D eigenvalue weighted by Crippen LogP contribution is -2.22. The zero-order valence-electron chi connectivity index (χ0n) is 12.2. The lowest BCUT2D eigenvalue weighted by Gasteiger charge is -2.11. The van der Waals surface area contributed by atoms with Crippen molar-refractivity contribution < 1.29 is 19.7 Å². The number of aromatic carboxylic acids is 1. The van der Waals surface area contributed by atoms with E-state index in [1.54, 1.807) is 23.0 Å². The van der Waals surface area contributed by atoms with Gasteiger partial charge in [-0.1, -0.05) is 12.1 Å². The summed E-state index contributed by atoms with van der Waals surface area (Å²) in [5, 5.41) is 23.7. The van der Waals surface area contributed by atoms with Crippen LogP contribution in [0.25, 0.3) is 0 Å². The smallest absolute Gasteiger partial charge is 0.137 e. The summed E-state index contributed by atoms with van der Waals surface area (Å²) in [6, 6.07) is 6.13. The standard InChI is InChI=1S/C15H16N4O4/c20-12-7-16-8-17-14-13(12)18-9-19(14)4-5-23-11-3-1-2-10(6-11)15(21)22/h1-3,6,8-9,12,20H,4-5,7H2,(H,16,17)(H,21,22)/p-1. The van der Waals surface area contributed by atoms with Gasteiger partial charge in [0.15, 0.2) is 0 Å². The van der Waals surface area contributed by atoms with Gasteiger partial charge in [0, 0.05) is 5.56 Å². The van der Waals surface area contributed by atoms with Crippen LogP contribution in [-0.2, 0) is 6.54 Å². The first-order chi connectivity index (χ1) is 11.1. The number of aliphatic imine (C=N–C) groups is 1. The molecule has 2 aromatic rings. The molecule has 1 aliphatic heterocycles. The van der Waals surface area contributed by atoms with Gasteiger partial charge in [0.05, 0.1) is 31.7 Å². The van der Waals surface area contributed by atoms with E-state index in [9.17, 15) is 15.0 Å². The van der Waals surface area contributed by atoms with Gasteiger partial charge in [0.1, 0.15) is 30.0 Å². The van der Waals surface area contributed by atoms with Crippen LogP contribution in [0, 0.1) is 0 Å². The van der Waals surface area contributed by atoms with Crippen LogP contribution in [0.4, 0.5) is 5.82 Å². The monoisotopic (exact) mass is 315 g/mol. The minimum atomic E-state index is -1.24. The van der Waals surface area contributed by atoms with Crippen LogP contribution in [-0.4, -0.2) is 40.1 Å². The molecule has 2 N–H and O–H groups in total. The number of hydrogen-bond donors (Lipinski definition) is 2. The number of benzene rings is 1. The molecule has 0 fully saturated rings. The molecule has 8 heteroatoms. The number of aliphatic hydroxyl groups is 1. The summed E-state index contributed by atoms with van der Waals surface area (Å²) in [6.07, 6.45) is 2.40. The molecular weight excluding hydrogens is 300 g/mol. The largest absolute Gasteiger partial charge is 0.545 e. The van der Waals surface area contributed by atoms with Gasteiger partial charge in [0.25, 0.3) is 0 Å². The Bertz CT molecular complexity index is 741. The van der Waals surface area contributed by atoms with Gasteiger partial charge in [-0.15, -0.1) is 0 Å². The fourth-order valence-electron chi connectivity index (χ4n) is 2.29. The molecule has 1 aromatic carbocycles. The Balaban J connectivity index is 1.65. The van der Waals surface area contributed by atoms with Crippen molar-refractivity contribution in [3.63, 3.8) is 0 Å². The van der Waals surface area contributed by atoms with Gasteiger partial charge in [0.2, 0.25) is 0 Å². The Labute approximate surface area is 132 Å². The van der Waals surface area contributed by atoms with Gasteiger partial charge in [-0.3, -0.25) is 4.99 Å². The minimum absolute atomic E-state index is 0.0694. The number of aromatic nitrogens is 2. The number of aliphatic hydroxyl groups excluding tert-OH is 1. The normalized spacial score (nSPS) is 16.3. The Hall–Kier alpha value is -2.87. The van der Waals surface area contributed by atoms with Crippen molar-refractivity contribution >= 4 is 18.1 Å². The van der Waals surface area contributed by atoms with E-state index in [1.165, 1.54) is 18.5 Å². The summed E-state index contributed by atoms with van der Waals surface area (Å²) in [5.74, 6) is -0.119. The highest BCUT2D eigenvalue weighted by molar-refractivity contribution is 5.86. The van der Waals surface area contributed by atoms with Crippen molar-refractivity contribution in [2.45, 2.75) is 12.6 Å². The molecule has 0 spiro atoms. The number of anilines is 1. The van der Waals surface area contributed by atoms with Crippen molar-refractivity contribution in [1.29, 1.82) is 0 Å². The highest BCUT2D eigenvalue weighted by atomic mass is 16.5. The molecule has 0 amide bonds. The van der Waals surface area contributed by atoms with Crippen LogP contribution in [0.1, 0.15) is 22.2 Å². The number of hydrogen-bond acceptors (Lipinski definition) is 7. The first kappa shape index (κ1) is 15.0. The lowest BCUT2D eigenvalue weighted by molar-refractivity contribution is -0.255. The number of carboxylic acid groups (broad SMARTS) is 1. The third kappa shape index (κ3) is 3.32. The SMILES string of the molecule is O=C([O-])c1cccc(OCCn2cnc3c2NC=NCC3O)c1. The average molecular weight is 315 g/mol. The van der Waals surface area contributed by atoms with E-state index >= 15 is 0 Å². The number of carbonyl (C=O) groups is 1. The second-order valence-electron chi connectivity index (χ2n) is 4.99. The van der Waals surface area contributed by atoms with E-state index in [0.29, 0.717) is 30.4 Å². The number of nitrogens with one attached hydrogen (secondary N) is 1. The topological polar surface area (TPSA) is 112 Å². The zero-order valence-corrected chi connectivity index (χ0v) is 12.2. The van der Waals surface area contributed by atoms with Crippen LogP contribution < -0.4 is 15.2 Å². The maximum absolute atomic E-state index is 10.8. The summed E-state index contributed by atoms with van der Waals surface area (Å²) in [7, 11) is 0. The van der Waals surface area contributed by atoms with Gasteiger partial charge in [-0.25, -0.2) is 4.98 Å². The highest BCUT2D eigenvalue weighted by Gasteiger charge is 2.19. The van der Waals surface area contributed by atoms with Crippen molar-refractivity contribution in [3.8, 4) is 5.75 Å². The van der Waals surface area contributed by atoms with Gasteiger partial charge >= 0.3 is 0 Å². The molecule has 0 saturated carbocycles. The van der Waals surface area contributed by atoms with E-state index in [0.717, 1.165) is 0 Å². The molecular formula is C15H15N4O4-. The molecule has 8 nitrogen and oxygen atoms in total. The Morgan fingerprint density at radius 1 is 1.52 bits per heavy atom. The summed E-state index contributed by atoms with van der Waals surface area (Å²) in [4.78, 5) is 19.0. The predicted molar refractivity (Wildman–Crippen MR) is 80.4 cm³/mol. The number of carboxylic acids is 1. The molecule has 0 bridgehead atoms. The summed E-state index contributed by atoms with van der Waals surface area (Å²) >= 11 is 0. The second kappa shape index (κ2) is 6.49. The number of nitrogens with zero attached hydrogens (tertiary/aromatic N) is 3. The van der Waals surface area contributed by atoms with Crippen molar-refractivity contribution in [2.24, 2.45) is 4.99 Å². The van der Waals surface area contributed by atoms with E-state index in [2.05, 4.69) is 15.3 Å². The van der Waals surface area contributed by atoms with Crippen molar-refractivity contribution in [3.05, 3.63) is 41.9 Å². The number of ether oxygens (including phenoxy) is 1. The van der Waals surface area contributed by atoms with Crippen LogP contribution in [0.2, 0.25) is 0 Å². The molecule has 1 aliphatic rings. The second-order valence-corrected chi connectivity index (χ2v) is 4.99. The Kier molecular flexibility index (Phi) is 4.24. The Morgan fingerprint density at radius 2 is 2.39 bits per heavy atom. The number of imidazole rings is 1. The average Bonchev–Trinajstić information content (AvgIpc) is 2.85. The van der Waals surface area contributed by atoms with E-state index in [4.69, 9.17) is 4.74 Å². The third-order valence-electron chi connectivity index (χ3n) is 3.42. The van der Waals surface area contributed by atoms with E-state index in [-0.39, 0.29) is 12.1 Å². The number of rotatable bonds is 5. The first-order valence-corrected chi connectivity index (χ1v) is 7.07. The molecule has 0 radical (unpaired) electrons. The van der Waals surface area contributed by atoms with Crippen LogP contribution in [0.5, 0.6) is 5.75 Å². The summed E-state index contributed by atoms with van der Waals surface area (Å²) < 4.78 is 7.36. The maximum Gasteiger partial charge on any atom is 0.137 e. The van der Waals surface area contributed by atoms with Gasteiger partial charge in [-0.05, 0) is 12.1 Å². The first-order valence-electron chi connectivity index (χ1n) is 7.07. The molecule has 0 aliphatic carbocycles.